The molecule has 0 heterocycles. The highest BCUT2D eigenvalue weighted by atomic mass is 16.6. The van der Waals surface area contributed by atoms with E-state index in [1.165, 1.54) is 12.1 Å². The van der Waals surface area contributed by atoms with Crippen LogP contribution in [0.15, 0.2) is 72.8 Å². The number of ether oxygens (including phenoxy) is 1. The second-order valence-electron chi connectivity index (χ2n) is 5.60. The standard InChI is InChI=1S/C20H15NO5/c22-20(23)18-10-9-16(12-19(18)21(24)25)15-7-4-8-17(11-15)26-13-14-5-2-1-3-6-14/h1-12H,13H2,(H,22,23). The summed E-state index contributed by atoms with van der Waals surface area (Å²) in [5, 5.41) is 20.2. The smallest absolute Gasteiger partial charge is 0.342 e. The molecule has 3 aromatic carbocycles. The van der Waals surface area contributed by atoms with Gasteiger partial charge in [0, 0.05) is 6.07 Å². The predicted octanol–water partition coefficient (Wildman–Crippen LogP) is 4.54. The van der Waals surface area contributed by atoms with E-state index in [2.05, 4.69) is 0 Å². The SMILES string of the molecule is O=C(O)c1ccc(-c2cccc(OCc3ccccc3)c2)cc1[N+](=O)[O-]. The van der Waals surface area contributed by atoms with Crippen LogP contribution in [0.3, 0.4) is 0 Å². The molecule has 0 aliphatic rings. The Kier molecular flexibility index (Phi) is 4.94. The zero-order valence-corrected chi connectivity index (χ0v) is 13.7. The summed E-state index contributed by atoms with van der Waals surface area (Å²) >= 11 is 0. The normalized spacial score (nSPS) is 10.3. The van der Waals surface area contributed by atoms with Crippen LogP contribution in [-0.2, 0) is 6.61 Å². The number of carboxylic acid groups (broad SMARTS) is 1. The summed E-state index contributed by atoms with van der Waals surface area (Å²) in [6.45, 7) is 0.405. The first-order chi connectivity index (χ1) is 12.5. The quantitative estimate of drug-likeness (QED) is 0.521. The molecule has 0 atom stereocenters. The number of hydrogen-bond donors (Lipinski definition) is 1. The number of rotatable bonds is 6. The molecule has 0 amide bonds. The first-order valence-electron chi connectivity index (χ1n) is 7.83. The van der Waals surface area contributed by atoms with Crippen LogP contribution in [0.25, 0.3) is 11.1 Å². The van der Waals surface area contributed by atoms with Gasteiger partial charge in [-0.25, -0.2) is 4.79 Å². The fourth-order valence-corrected chi connectivity index (χ4v) is 2.55. The maximum absolute atomic E-state index is 11.2. The molecule has 3 rings (SSSR count). The van der Waals surface area contributed by atoms with E-state index >= 15 is 0 Å². The number of nitro benzene ring substituents is 1. The zero-order chi connectivity index (χ0) is 18.5. The Balaban J connectivity index is 1.87. The Morgan fingerprint density at radius 1 is 0.962 bits per heavy atom. The molecule has 0 aliphatic carbocycles. The molecule has 6 heteroatoms. The first kappa shape index (κ1) is 17.2. The van der Waals surface area contributed by atoms with Gasteiger partial charge in [-0.15, -0.1) is 0 Å². The molecule has 0 fully saturated rings. The van der Waals surface area contributed by atoms with Gasteiger partial charge in [0.2, 0.25) is 0 Å². The molecule has 0 radical (unpaired) electrons. The third-order valence-corrected chi connectivity index (χ3v) is 3.84. The summed E-state index contributed by atoms with van der Waals surface area (Å²) in [5.41, 5.74) is 1.50. The maximum atomic E-state index is 11.2. The fraction of sp³-hybridized carbons (Fsp3) is 0.0500. The van der Waals surface area contributed by atoms with Crippen LogP contribution in [0.2, 0.25) is 0 Å². The largest absolute Gasteiger partial charge is 0.489 e. The molecular formula is C20H15NO5. The van der Waals surface area contributed by atoms with Crippen molar-refractivity contribution in [2.24, 2.45) is 0 Å². The second kappa shape index (κ2) is 7.48. The maximum Gasteiger partial charge on any atom is 0.342 e. The van der Waals surface area contributed by atoms with Gasteiger partial charge in [-0.05, 0) is 34.9 Å². The first-order valence-corrected chi connectivity index (χ1v) is 7.83. The highest BCUT2D eigenvalue weighted by molar-refractivity contribution is 5.93. The fourth-order valence-electron chi connectivity index (χ4n) is 2.55. The van der Waals surface area contributed by atoms with E-state index in [0.717, 1.165) is 5.56 Å². The van der Waals surface area contributed by atoms with Crippen molar-refractivity contribution in [3.05, 3.63) is 94.0 Å². The van der Waals surface area contributed by atoms with Crippen LogP contribution in [-0.4, -0.2) is 16.0 Å². The van der Waals surface area contributed by atoms with Crippen LogP contribution in [0.5, 0.6) is 5.75 Å². The molecule has 3 aromatic rings. The van der Waals surface area contributed by atoms with Crippen LogP contribution in [0, 0.1) is 10.1 Å². The van der Waals surface area contributed by atoms with Gasteiger partial charge in [-0.3, -0.25) is 10.1 Å². The highest BCUT2D eigenvalue weighted by Gasteiger charge is 2.20. The van der Waals surface area contributed by atoms with Gasteiger partial charge < -0.3 is 9.84 Å². The molecule has 0 aliphatic heterocycles. The molecule has 6 nitrogen and oxygen atoms in total. The summed E-state index contributed by atoms with van der Waals surface area (Å²) in [7, 11) is 0. The minimum Gasteiger partial charge on any atom is -0.489 e. The lowest BCUT2D eigenvalue weighted by Gasteiger charge is -2.09. The van der Waals surface area contributed by atoms with E-state index in [1.807, 2.05) is 30.3 Å². The Labute approximate surface area is 149 Å². The van der Waals surface area contributed by atoms with E-state index < -0.39 is 16.6 Å². The summed E-state index contributed by atoms with van der Waals surface area (Å²) in [5.74, 6) is -0.709. The minimum absolute atomic E-state index is 0.338. The van der Waals surface area contributed by atoms with Gasteiger partial charge in [0.15, 0.2) is 0 Å². The molecule has 0 spiro atoms. The van der Waals surface area contributed by atoms with E-state index in [9.17, 15) is 14.9 Å². The van der Waals surface area contributed by atoms with Crippen molar-refractivity contribution in [2.45, 2.75) is 6.61 Å². The number of carboxylic acids is 1. The lowest BCUT2D eigenvalue weighted by atomic mass is 10.0. The van der Waals surface area contributed by atoms with Crippen LogP contribution in [0.1, 0.15) is 15.9 Å². The molecule has 130 valence electrons. The third-order valence-electron chi connectivity index (χ3n) is 3.84. The van der Waals surface area contributed by atoms with E-state index in [4.69, 9.17) is 9.84 Å². The lowest BCUT2D eigenvalue weighted by molar-refractivity contribution is -0.385. The lowest BCUT2D eigenvalue weighted by Crippen LogP contribution is -2.02. The molecule has 0 bridgehead atoms. The van der Waals surface area contributed by atoms with Crippen LogP contribution >= 0.6 is 0 Å². The average Bonchev–Trinajstić information content (AvgIpc) is 2.67. The van der Waals surface area contributed by atoms with Crippen molar-refractivity contribution in [2.75, 3.05) is 0 Å². The van der Waals surface area contributed by atoms with E-state index in [0.29, 0.717) is 23.5 Å². The Bertz CT molecular complexity index is 953. The predicted molar refractivity (Wildman–Crippen MR) is 96.3 cm³/mol. The van der Waals surface area contributed by atoms with E-state index in [1.54, 1.807) is 30.3 Å². The summed E-state index contributed by atoms with van der Waals surface area (Å²) < 4.78 is 5.77. The van der Waals surface area contributed by atoms with Crippen molar-refractivity contribution < 1.29 is 19.6 Å². The molecule has 1 N–H and O–H groups in total. The van der Waals surface area contributed by atoms with Crippen LogP contribution in [0.4, 0.5) is 5.69 Å². The average molecular weight is 349 g/mol. The van der Waals surface area contributed by atoms with Gasteiger partial charge in [-0.2, -0.15) is 0 Å². The summed E-state index contributed by atoms with van der Waals surface area (Å²) in [4.78, 5) is 21.6. The van der Waals surface area contributed by atoms with Crippen molar-refractivity contribution in [3.8, 4) is 16.9 Å². The Morgan fingerprint density at radius 3 is 2.38 bits per heavy atom. The van der Waals surface area contributed by atoms with Crippen molar-refractivity contribution in [1.82, 2.24) is 0 Å². The topological polar surface area (TPSA) is 89.7 Å². The third kappa shape index (κ3) is 3.87. The summed E-state index contributed by atoms with van der Waals surface area (Å²) in [6.07, 6.45) is 0. The number of carbonyl (C=O) groups is 1. The number of benzene rings is 3. The monoisotopic (exact) mass is 349 g/mol. The van der Waals surface area contributed by atoms with Crippen LogP contribution < -0.4 is 4.74 Å². The van der Waals surface area contributed by atoms with Crippen molar-refractivity contribution in [1.29, 1.82) is 0 Å². The Morgan fingerprint density at radius 2 is 1.69 bits per heavy atom. The number of hydrogen-bond acceptors (Lipinski definition) is 4. The summed E-state index contributed by atoms with van der Waals surface area (Å²) in [6, 6.07) is 20.9. The number of nitrogens with zero attached hydrogens (tertiary/aromatic N) is 1. The molecule has 0 aromatic heterocycles. The number of nitro groups is 1. The molecule has 26 heavy (non-hydrogen) atoms. The van der Waals surface area contributed by atoms with Gasteiger partial charge >= 0.3 is 5.97 Å². The van der Waals surface area contributed by atoms with Crippen molar-refractivity contribution >= 4 is 11.7 Å². The second-order valence-corrected chi connectivity index (χ2v) is 5.60. The zero-order valence-electron chi connectivity index (χ0n) is 13.7. The highest BCUT2D eigenvalue weighted by Crippen LogP contribution is 2.29. The molecule has 0 saturated heterocycles. The molecule has 0 saturated carbocycles. The van der Waals surface area contributed by atoms with E-state index in [-0.39, 0.29) is 5.56 Å². The van der Waals surface area contributed by atoms with Gasteiger partial charge in [0.1, 0.15) is 17.9 Å². The molecule has 0 unspecified atom stereocenters. The van der Waals surface area contributed by atoms with Gasteiger partial charge in [0.25, 0.3) is 5.69 Å². The van der Waals surface area contributed by atoms with Crippen molar-refractivity contribution in [3.63, 3.8) is 0 Å². The molecular weight excluding hydrogens is 334 g/mol. The number of aromatic carboxylic acids is 1. The Hall–Kier alpha value is -3.67. The minimum atomic E-state index is -1.33. The van der Waals surface area contributed by atoms with Gasteiger partial charge in [0.05, 0.1) is 4.92 Å². The van der Waals surface area contributed by atoms with Gasteiger partial charge in [-0.1, -0.05) is 48.5 Å².